The fraction of sp³-hybridized carbons (Fsp3) is 0.458. The third-order valence-electron chi connectivity index (χ3n) is 7.91. The maximum absolute atomic E-state index is 12.9. The first kappa shape index (κ1) is 17.6. The highest BCUT2D eigenvalue weighted by atomic mass is 16.5. The average molecular weight is 391 g/mol. The molecule has 2 heterocycles. The van der Waals surface area contributed by atoms with Crippen LogP contribution in [0.3, 0.4) is 0 Å². The lowest BCUT2D eigenvalue weighted by atomic mass is 9.48. The summed E-state index contributed by atoms with van der Waals surface area (Å²) in [4.78, 5) is 15.1. The monoisotopic (exact) mass is 391 g/mol. The highest BCUT2D eigenvalue weighted by molar-refractivity contribution is 5.98. The Labute approximate surface area is 170 Å². The number of aliphatic hydroxyl groups is 2. The number of likely N-dealkylation sites (tertiary alicyclic amines) is 1. The van der Waals surface area contributed by atoms with Crippen molar-refractivity contribution in [3.05, 3.63) is 71.0 Å². The van der Waals surface area contributed by atoms with Gasteiger partial charge in [-0.2, -0.15) is 0 Å². The van der Waals surface area contributed by atoms with Crippen molar-refractivity contribution in [2.24, 2.45) is 5.41 Å². The number of piperidine rings is 1. The predicted octanol–water partition coefficient (Wildman–Crippen LogP) is 1.91. The minimum absolute atomic E-state index is 0.0960. The zero-order chi connectivity index (χ0) is 20.0. The molecule has 5 aliphatic rings. The van der Waals surface area contributed by atoms with E-state index in [1.165, 1.54) is 6.08 Å². The van der Waals surface area contributed by atoms with Crippen LogP contribution in [-0.4, -0.2) is 57.8 Å². The zero-order valence-corrected chi connectivity index (χ0v) is 16.5. The van der Waals surface area contributed by atoms with Crippen molar-refractivity contribution in [3.8, 4) is 0 Å². The summed E-state index contributed by atoms with van der Waals surface area (Å²) in [6.45, 7) is 0.787. The Morgan fingerprint density at radius 1 is 1.24 bits per heavy atom. The van der Waals surface area contributed by atoms with Gasteiger partial charge < -0.3 is 14.9 Å². The summed E-state index contributed by atoms with van der Waals surface area (Å²) in [6.07, 6.45) is 6.74. The molecule has 1 unspecified atom stereocenters. The molecule has 6 rings (SSSR count). The van der Waals surface area contributed by atoms with E-state index in [9.17, 15) is 15.0 Å². The van der Waals surface area contributed by atoms with Crippen molar-refractivity contribution >= 4 is 5.78 Å². The minimum Gasteiger partial charge on any atom is -0.482 e. The van der Waals surface area contributed by atoms with Crippen LogP contribution in [0.5, 0.6) is 0 Å². The van der Waals surface area contributed by atoms with Crippen molar-refractivity contribution in [1.82, 2.24) is 4.90 Å². The molecule has 2 fully saturated rings. The van der Waals surface area contributed by atoms with E-state index >= 15 is 0 Å². The minimum atomic E-state index is -1.20. The van der Waals surface area contributed by atoms with E-state index in [-0.39, 0.29) is 11.8 Å². The van der Waals surface area contributed by atoms with E-state index < -0.39 is 22.7 Å². The summed E-state index contributed by atoms with van der Waals surface area (Å²) in [5.74, 6) is 0.401. The first-order valence-corrected chi connectivity index (χ1v) is 10.4. The highest BCUT2D eigenvalue weighted by Crippen LogP contribution is 2.67. The normalized spacial score (nSPS) is 42.4. The molecule has 2 bridgehead atoms. The van der Waals surface area contributed by atoms with Crippen LogP contribution in [-0.2, 0) is 16.0 Å². The van der Waals surface area contributed by atoms with E-state index in [4.69, 9.17) is 4.74 Å². The maximum Gasteiger partial charge on any atom is 0.196 e. The number of hydrogen-bond acceptors (Lipinski definition) is 5. The summed E-state index contributed by atoms with van der Waals surface area (Å²) < 4.78 is 6.34. The van der Waals surface area contributed by atoms with Gasteiger partial charge in [-0.3, -0.25) is 9.69 Å². The summed E-state index contributed by atoms with van der Waals surface area (Å²) in [5, 5.41) is 23.7. The van der Waals surface area contributed by atoms with Gasteiger partial charge in [-0.25, -0.2) is 0 Å². The number of carbonyl (C=O) groups is 1. The van der Waals surface area contributed by atoms with Crippen molar-refractivity contribution in [2.75, 3.05) is 13.6 Å². The van der Waals surface area contributed by atoms with Crippen LogP contribution < -0.4 is 0 Å². The third kappa shape index (κ3) is 1.98. The van der Waals surface area contributed by atoms with E-state index in [2.05, 4.69) is 11.0 Å². The van der Waals surface area contributed by atoms with Gasteiger partial charge in [0.25, 0.3) is 0 Å². The largest absolute Gasteiger partial charge is 0.482 e. The summed E-state index contributed by atoms with van der Waals surface area (Å²) >= 11 is 0. The standard InChI is InChI=1S/C24H25NO4/c1-25-12-11-23-19-16-7-9-22(27,14-15-5-3-2-4-6-15)21(19)29-20(23)17(26)8-10-24(23,28)18(25)13-16/h2-8,10,18,20,27-28H,9,11-14H2,1H3/t18-,20+,22?,23+,24-/m1/s1. The topological polar surface area (TPSA) is 70.0 Å². The number of ketones is 1. The molecule has 150 valence electrons. The lowest BCUT2D eigenvalue weighted by Gasteiger charge is -2.61. The molecule has 3 aliphatic carbocycles. The molecule has 5 atom stereocenters. The van der Waals surface area contributed by atoms with Crippen LogP contribution in [0.15, 0.2) is 65.5 Å². The highest BCUT2D eigenvalue weighted by Gasteiger charge is 2.73. The lowest BCUT2D eigenvalue weighted by molar-refractivity contribution is -0.173. The van der Waals surface area contributed by atoms with Gasteiger partial charge in [-0.1, -0.05) is 36.4 Å². The van der Waals surface area contributed by atoms with Gasteiger partial charge in [0.1, 0.15) is 17.0 Å². The van der Waals surface area contributed by atoms with E-state index in [0.29, 0.717) is 31.4 Å². The zero-order valence-electron chi connectivity index (χ0n) is 16.5. The summed E-state index contributed by atoms with van der Waals surface area (Å²) in [7, 11) is 2.04. The number of nitrogens with zero attached hydrogens (tertiary/aromatic N) is 1. The molecule has 2 N–H and O–H groups in total. The number of ether oxygens (including phenoxy) is 1. The molecule has 1 spiro atoms. The van der Waals surface area contributed by atoms with Crippen molar-refractivity contribution in [2.45, 2.75) is 49.0 Å². The van der Waals surface area contributed by atoms with Gasteiger partial charge in [0.15, 0.2) is 11.9 Å². The molecule has 29 heavy (non-hydrogen) atoms. The summed E-state index contributed by atoms with van der Waals surface area (Å²) in [6, 6.07) is 9.78. The molecule has 1 saturated heterocycles. The second-order valence-electron chi connectivity index (χ2n) is 9.31. The second-order valence-corrected chi connectivity index (χ2v) is 9.31. The predicted molar refractivity (Wildman–Crippen MR) is 107 cm³/mol. The Kier molecular flexibility index (Phi) is 3.33. The molecule has 2 aliphatic heterocycles. The first-order chi connectivity index (χ1) is 13.9. The fourth-order valence-electron chi connectivity index (χ4n) is 6.53. The Balaban J connectivity index is 1.55. The van der Waals surface area contributed by atoms with Gasteiger partial charge in [0.2, 0.25) is 0 Å². The molecule has 1 aromatic rings. The van der Waals surface area contributed by atoms with Gasteiger partial charge in [0.05, 0.1) is 5.41 Å². The number of likely N-dealkylation sites (N-methyl/N-ethyl adjacent to an activating group) is 1. The lowest BCUT2D eigenvalue weighted by Crippen LogP contribution is -2.72. The van der Waals surface area contributed by atoms with Crippen LogP contribution in [0.2, 0.25) is 0 Å². The Morgan fingerprint density at radius 3 is 2.83 bits per heavy atom. The number of carbonyl (C=O) groups excluding carboxylic acids is 1. The number of rotatable bonds is 2. The molecule has 1 saturated carbocycles. The molecule has 0 radical (unpaired) electrons. The SMILES string of the molecule is CN1CC[C@]23C4=C5O[C@H]2C(=O)C=C[C@@]3(O)[C@H]1CC4=CCC5(O)Cc1ccccc1. The van der Waals surface area contributed by atoms with Crippen LogP contribution in [0.4, 0.5) is 0 Å². The van der Waals surface area contributed by atoms with E-state index in [1.807, 2.05) is 37.4 Å². The summed E-state index contributed by atoms with van der Waals surface area (Å²) in [5.41, 5.74) is -0.128. The maximum atomic E-state index is 12.9. The van der Waals surface area contributed by atoms with Crippen molar-refractivity contribution < 1.29 is 19.7 Å². The fourth-order valence-corrected chi connectivity index (χ4v) is 6.53. The van der Waals surface area contributed by atoms with E-state index in [0.717, 1.165) is 23.3 Å². The first-order valence-electron chi connectivity index (χ1n) is 10.4. The molecule has 5 nitrogen and oxygen atoms in total. The molecule has 0 aromatic heterocycles. The molecular formula is C24H25NO4. The van der Waals surface area contributed by atoms with Crippen LogP contribution in [0.25, 0.3) is 0 Å². The van der Waals surface area contributed by atoms with Crippen LogP contribution in [0.1, 0.15) is 24.8 Å². The van der Waals surface area contributed by atoms with Crippen molar-refractivity contribution in [1.29, 1.82) is 0 Å². The Bertz CT molecular complexity index is 1010. The average Bonchev–Trinajstić information content (AvgIpc) is 3.07. The van der Waals surface area contributed by atoms with Gasteiger partial charge in [-0.15, -0.1) is 0 Å². The number of hydrogen-bond donors (Lipinski definition) is 2. The smallest absolute Gasteiger partial charge is 0.196 e. The third-order valence-corrected chi connectivity index (χ3v) is 7.91. The van der Waals surface area contributed by atoms with Gasteiger partial charge >= 0.3 is 0 Å². The number of benzene rings is 1. The van der Waals surface area contributed by atoms with Gasteiger partial charge in [-0.05, 0) is 49.7 Å². The molecule has 0 amide bonds. The molecular weight excluding hydrogens is 366 g/mol. The van der Waals surface area contributed by atoms with Crippen LogP contribution in [0, 0.1) is 5.41 Å². The van der Waals surface area contributed by atoms with Gasteiger partial charge in [0, 0.05) is 24.5 Å². The Hall–Kier alpha value is -2.21. The quantitative estimate of drug-likeness (QED) is 0.806. The second kappa shape index (κ2) is 5.48. The Morgan fingerprint density at radius 2 is 2.03 bits per heavy atom. The molecule has 1 aromatic carbocycles. The van der Waals surface area contributed by atoms with E-state index in [1.54, 1.807) is 6.08 Å². The van der Waals surface area contributed by atoms with Crippen molar-refractivity contribution in [3.63, 3.8) is 0 Å². The molecule has 5 heteroatoms. The van der Waals surface area contributed by atoms with Crippen LogP contribution >= 0.6 is 0 Å².